The molecule has 0 aliphatic carbocycles. The minimum Gasteiger partial charge on any atom is -0.398 e. The van der Waals surface area contributed by atoms with E-state index in [1.54, 1.807) is 0 Å². The normalized spacial score (nSPS) is 11.6. The molecule has 24 heavy (non-hydrogen) atoms. The van der Waals surface area contributed by atoms with Gasteiger partial charge in [-0.2, -0.15) is 0 Å². The molecular formula is C17H20Cl2N2O2S. The van der Waals surface area contributed by atoms with Gasteiger partial charge in [0, 0.05) is 11.6 Å². The van der Waals surface area contributed by atoms with Crippen LogP contribution in [-0.2, 0) is 16.4 Å². The highest BCUT2D eigenvalue weighted by atomic mass is 35.5. The van der Waals surface area contributed by atoms with Gasteiger partial charge < -0.3 is 5.73 Å². The van der Waals surface area contributed by atoms with Gasteiger partial charge in [0.05, 0.1) is 10.7 Å². The number of nitrogens with one attached hydrogen (secondary N) is 1. The molecular weight excluding hydrogens is 367 g/mol. The monoisotopic (exact) mass is 386 g/mol. The third-order valence-corrected chi connectivity index (χ3v) is 5.79. The SMILES string of the molecule is Nc1cc(Cl)cc(Cl)c1S(=O)(=O)NCCCCCc1ccccc1. The predicted molar refractivity (Wildman–Crippen MR) is 100 cm³/mol. The van der Waals surface area contributed by atoms with Crippen molar-refractivity contribution in [1.82, 2.24) is 4.72 Å². The number of hydrogen-bond acceptors (Lipinski definition) is 3. The number of aryl methyl sites for hydroxylation is 1. The van der Waals surface area contributed by atoms with E-state index in [-0.39, 0.29) is 15.6 Å². The number of hydrogen-bond donors (Lipinski definition) is 2. The number of rotatable bonds is 8. The van der Waals surface area contributed by atoms with Gasteiger partial charge in [0.15, 0.2) is 0 Å². The van der Waals surface area contributed by atoms with Crippen molar-refractivity contribution >= 4 is 38.9 Å². The Kier molecular flexibility index (Phi) is 6.92. The van der Waals surface area contributed by atoms with Crippen LogP contribution in [0.15, 0.2) is 47.4 Å². The molecule has 0 heterocycles. The molecule has 0 aliphatic rings. The van der Waals surface area contributed by atoms with Crippen LogP contribution in [0.2, 0.25) is 10.0 Å². The Bertz CT molecular complexity index is 757. The van der Waals surface area contributed by atoms with Gasteiger partial charge in [0.25, 0.3) is 0 Å². The van der Waals surface area contributed by atoms with Crippen LogP contribution in [-0.4, -0.2) is 15.0 Å². The maximum atomic E-state index is 12.3. The van der Waals surface area contributed by atoms with Gasteiger partial charge in [-0.1, -0.05) is 60.0 Å². The van der Waals surface area contributed by atoms with E-state index in [1.165, 1.54) is 17.7 Å². The number of benzene rings is 2. The van der Waals surface area contributed by atoms with Gasteiger partial charge in [0.1, 0.15) is 4.90 Å². The quantitative estimate of drug-likeness (QED) is 0.525. The summed E-state index contributed by atoms with van der Waals surface area (Å²) in [5.74, 6) is 0. The topological polar surface area (TPSA) is 72.2 Å². The van der Waals surface area contributed by atoms with E-state index < -0.39 is 10.0 Å². The Morgan fingerprint density at radius 1 is 1.00 bits per heavy atom. The van der Waals surface area contributed by atoms with E-state index >= 15 is 0 Å². The number of nitrogen functional groups attached to an aromatic ring is 1. The molecule has 3 N–H and O–H groups in total. The van der Waals surface area contributed by atoms with Crippen molar-refractivity contribution in [2.45, 2.75) is 30.6 Å². The van der Waals surface area contributed by atoms with E-state index in [2.05, 4.69) is 16.9 Å². The fourth-order valence-corrected chi connectivity index (χ4v) is 4.47. The molecule has 2 aromatic rings. The third-order valence-electron chi connectivity index (χ3n) is 3.58. The van der Waals surface area contributed by atoms with Gasteiger partial charge in [-0.25, -0.2) is 13.1 Å². The van der Waals surface area contributed by atoms with Gasteiger partial charge in [-0.3, -0.25) is 0 Å². The van der Waals surface area contributed by atoms with E-state index in [1.807, 2.05) is 18.2 Å². The Labute approximate surface area is 153 Å². The van der Waals surface area contributed by atoms with Crippen LogP contribution in [0.3, 0.4) is 0 Å². The molecule has 2 aromatic carbocycles. The third kappa shape index (κ3) is 5.38. The summed E-state index contributed by atoms with van der Waals surface area (Å²) in [6, 6.07) is 13.0. The summed E-state index contributed by atoms with van der Waals surface area (Å²) in [6.45, 7) is 0.343. The van der Waals surface area contributed by atoms with E-state index in [0.717, 1.165) is 25.7 Å². The number of unbranched alkanes of at least 4 members (excludes halogenated alkanes) is 2. The van der Waals surface area contributed by atoms with E-state index in [0.29, 0.717) is 11.6 Å². The first-order chi connectivity index (χ1) is 11.4. The van der Waals surface area contributed by atoms with Crippen LogP contribution < -0.4 is 10.5 Å². The van der Waals surface area contributed by atoms with Crippen molar-refractivity contribution in [2.24, 2.45) is 0 Å². The summed E-state index contributed by atoms with van der Waals surface area (Å²) in [5, 5.41) is 0.328. The molecule has 0 fully saturated rings. The van der Waals surface area contributed by atoms with Gasteiger partial charge in [-0.15, -0.1) is 0 Å². The molecule has 7 heteroatoms. The van der Waals surface area contributed by atoms with Crippen LogP contribution in [0.1, 0.15) is 24.8 Å². The minimum atomic E-state index is -3.74. The molecule has 0 saturated carbocycles. The first-order valence-corrected chi connectivity index (χ1v) is 9.92. The Morgan fingerprint density at radius 3 is 2.38 bits per heavy atom. The second-order valence-electron chi connectivity index (χ2n) is 5.50. The number of nitrogens with two attached hydrogens (primary N) is 1. The van der Waals surface area contributed by atoms with Crippen molar-refractivity contribution in [3.8, 4) is 0 Å². The van der Waals surface area contributed by atoms with E-state index in [9.17, 15) is 8.42 Å². The summed E-state index contributed by atoms with van der Waals surface area (Å²) in [7, 11) is -3.74. The van der Waals surface area contributed by atoms with Crippen molar-refractivity contribution in [2.75, 3.05) is 12.3 Å². The summed E-state index contributed by atoms with van der Waals surface area (Å²) in [6.07, 6.45) is 3.68. The van der Waals surface area contributed by atoms with Crippen LogP contribution in [0.25, 0.3) is 0 Å². The fraction of sp³-hybridized carbons (Fsp3) is 0.294. The number of sulfonamides is 1. The van der Waals surface area contributed by atoms with Gasteiger partial charge in [-0.05, 0) is 37.0 Å². The molecule has 0 radical (unpaired) electrons. The molecule has 0 aliphatic heterocycles. The van der Waals surface area contributed by atoms with Gasteiger partial charge >= 0.3 is 0 Å². The number of halogens is 2. The van der Waals surface area contributed by atoms with E-state index in [4.69, 9.17) is 28.9 Å². The zero-order valence-electron chi connectivity index (χ0n) is 13.1. The zero-order chi connectivity index (χ0) is 17.6. The van der Waals surface area contributed by atoms with Crippen LogP contribution in [0, 0.1) is 0 Å². The number of anilines is 1. The first kappa shape index (κ1) is 19.1. The van der Waals surface area contributed by atoms with Crippen molar-refractivity contribution in [3.05, 3.63) is 58.1 Å². The van der Waals surface area contributed by atoms with Crippen LogP contribution >= 0.6 is 23.2 Å². The summed E-state index contributed by atoms with van der Waals surface area (Å²) in [5.41, 5.74) is 7.07. The standard InChI is InChI=1S/C17H20Cl2N2O2S/c18-14-11-15(19)17(16(20)12-14)24(22,23)21-10-6-2-5-9-13-7-3-1-4-8-13/h1,3-4,7-8,11-12,21H,2,5-6,9-10,20H2. The first-order valence-electron chi connectivity index (χ1n) is 7.68. The zero-order valence-corrected chi connectivity index (χ0v) is 15.5. The average molecular weight is 387 g/mol. The smallest absolute Gasteiger partial charge is 0.244 e. The Morgan fingerprint density at radius 2 is 1.71 bits per heavy atom. The molecule has 0 aromatic heterocycles. The molecule has 0 saturated heterocycles. The van der Waals surface area contributed by atoms with Crippen molar-refractivity contribution in [1.29, 1.82) is 0 Å². The molecule has 2 rings (SSSR count). The molecule has 0 unspecified atom stereocenters. The highest BCUT2D eigenvalue weighted by Crippen LogP contribution is 2.30. The summed E-state index contributed by atoms with van der Waals surface area (Å²) >= 11 is 11.8. The summed E-state index contributed by atoms with van der Waals surface area (Å²) < 4.78 is 27.2. The second-order valence-corrected chi connectivity index (χ2v) is 8.05. The lowest BCUT2D eigenvalue weighted by Crippen LogP contribution is -2.26. The average Bonchev–Trinajstić information content (AvgIpc) is 2.50. The molecule has 0 amide bonds. The molecule has 0 spiro atoms. The lowest BCUT2D eigenvalue weighted by molar-refractivity contribution is 0.574. The fourth-order valence-electron chi connectivity index (χ4n) is 2.42. The summed E-state index contributed by atoms with van der Waals surface area (Å²) in [4.78, 5) is -0.113. The molecule has 0 bridgehead atoms. The maximum Gasteiger partial charge on any atom is 0.244 e. The maximum absolute atomic E-state index is 12.3. The largest absolute Gasteiger partial charge is 0.398 e. The predicted octanol–water partition coefficient (Wildman–Crippen LogP) is 4.27. The minimum absolute atomic E-state index is 0.0246. The lowest BCUT2D eigenvalue weighted by atomic mass is 10.1. The van der Waals surface area contributed by atoms with Crippen LogP contribution in [0.5, 0.6) is 0 Å². The van der Waals surface area contributed by atoms with Crippen molar-refractivity contribution < 1.29 is 8.42 Å². The second kappa shape index (κ2) is 8.72. The molecule has 4 nitrogen and oxygen atoms in total. The molecule has 130 valence electrons. The highest BCUT2D eigenvalue weighted by Gasteiger charge is 2.21. The highest BCUT2D eigenvalue weighted by molar-refractivity contribution is 7.89. The van der Waals surface area contributed by atoms with Gasteiger partial charge in [0.2, 0.25) is 10.0 Å². The Balaban J connectivity index is 1.81. The Hall–Kier alpha value is -1.27. The molecule has 0 atom stereocenters. The van der Waals surface area contributed by atoms with Crippen LogP contribution in [0.4, 0.5) is 5.69 Å². The lowest BCUT2D eigenvalue weighted by Gasteiger charge is -2.11. The van der Waals surface area contributed by atoms with Crippen molar-refractivity contribution in [3.63, 3.8) is 0 Å².